The Morgan fingerprint density at radius 2 is 2.11 bits per heavy atom. The molecule has 1 aliphatic heterocycles. The van der Waals surface area contributed by atoms with E-state index in [-0.39, 0.29) is 11.9 Å². The van der Waals surface area contributed by atoms with Gasteiger partial charge in [0.25, 0.3) is 0 Å². The lowest BCUT2D eigenvalue weighted by atomic mass is 10.1. The zero-order valence-electron chi connectivity index (χ0n) is 16.5. The summed E-state index contributed by atoms with van der Waals surface area (Å²) < 4.78 is 0. The van der Waals surface area contributed by atoms with Crippen LogP contribution in [-0.2, 0) is 4.79 Å². The topological polar surface area (TPSA) is 60.2 Å². The number of nitriles is 1. The molecule has 1 saturated heterocycles. The van der Waals surface area contributed by atoms with Crippen LogP contribution in [0.1, 0.15) is 42.1 Å². The van der Waals surface area contributed by atoms with Gasteiger partial charge in [0.1, 0.15) is 17.9 Å². The molecule has 27 heavy (non-hydrogen) atoms. The highest BCUT2D eigenvalue weighted by molar-refractivity contribution is 5.99. The predicted molar refractivity (Wildman–Crippen MR) is 108 cm³/mol. The van der Waals surface area contributed by atoms with Crippen LogP contribution in [0.15, 0.2) is 30.3 Å². The summed E-state index contributed by atoms with van der Waals surface area (Å²) in [5.74, 6) is 0.719. The van der Waals surface area contributed by atoms with Gasteiger partial charge < -0.3 is 9.80 Å². The van der Waals surface area contributed by atoms with Crippen LogP contribution in [0.5, 0.6) is 0 Å². The number of anilines is 2. The highest BCUT2D eigenvalue weighted by Crippen LogP contribution is 2.31. The summed E-state index contributed by atoms with van der Waals surface area (Å²) in [5, 5.41) is 9.63. The van der Waals surface area contributed by atoms with E-state index >= 15 is 0 Å². The average Bonchev–Trinajstić information content (AvgIpc) is 3.11. The summed E-state index contributed by atoms with van der Waals surface area (Å²) in [6.45, 7) is 9.23. The van der Waals surface area contributed by atoms with Gasteiger partial charge in [-0.05, 0) is 69.9 Å². The molecule has 0 bridgehead atoms. The molecule has 0 saturated carbocycles. The average molecular weight is 362 g/mol. The quantitative estimate of drug-likeness (QED) is 0.828. The molecule has 0 radical (unpaired) electrons. The van der Waals surface area contributed by atoms with E-state index < -0.39 is 0 Å². The number of likely N-dealkylation sites (N-methyl/N-ethyl adjacent to an activating group) is 1. The van der Waals surface area contributed by atoms with Crippen LogP contribution in [0.3, 0.4) is 0 Å². The zero-order chi connectivity index (χ0) is 19.6. The fourth-order valence-corrected chi connectivity index (χ4v) is 3.88. The second-order valence-electron chi connectivity index (χ2n) is 7.16. The maximum Gasteiger partial charge on any atom is 0.249 e. The standard InChI is InChI=1S/C22H26N4O/c1-5-25(18-9-6-8-15(2)12-18)22(27)20-10-7-11-26(20)21-19(14-23)16(3)13-17(4)24-21/h6,8-9,12-13,20H,5,7,10-11H2,1-4H3/t20-/m0/s1. The van der Waals surface area contributed by atoms with E-state index in [1.807, 2.05) is 67.8 Å². The highest BCUT2D eigenvalue weighted by atomic mass is 16.2. The van der Waals surface area contributed by atoms with E-state index in [4.69, 9.17) is 0 Å². The van der Waals surface area contributed by atoms with E-state index in [9.17, 15) is 10.1 Å². The predicted octanol–water partition coefficient (Wildman–Crippen LogP) is 3.90. The number of benzene rings is 1. The summed E-state index contributed by atoms with van der Waals surface area (Å²) in [4.78, 5) is 21.9. The van der Waals surface area contributed by atoms with Gasteiger partial charge in [0, 0.05) is 24.5 Å². The third-order valence-corrected chi connectivity index (χ3v) is 5.14. The van der Waals surface area contributed by atoms with E-state index in [0.29, 0.717) is 17.9 Å². The molecule has 2 aromatic rings. The second-order valence-corrected chi connectivity index (χ2v) is 7.16. The third kappa shape index (κ3) is 3.66. The normalized spacial score (nSPS) is 16.3. The Balaban J connectivity index is 1.97. The summed E-state index contributed by atoms with van der Waals surface area (Å²) in [5.41, 5.74) is 4.39. The van der Waals surface area contributed by atoms with Gasteiger partial charge in [-0.3, -0.25) is 4.79 Å². The summed E-state index contributed by atoms with van der Waals surface area (Å²) in [6.07, 6.45) is 1.70. The number of rotatable bonds is 4. The molecular formula is C22H26N4O. The Kier molecular flexibility index (Phi) is 5.46. The number of aromatic nitrogens is 1. The van der Waals surface area contributed by atoms with E-state index in [1.165, 1.54) is 0 Å². The monoisotopic (exact) mass is 362 g/mol. The Bertz CT molecular complexity index is 900. The molecular weight excluding hydrogens is 336 g/mol. The maximum absolute atomic E-state index is 13.4. The summed E-state index contributed by atoms with van der Waals surface area (Å²) in [7, 11) is 0. The Hall–Kier alpha value is -2.87. The Morgan fingerprint density at radius 3 is 2.78 bits per heavy atom. The maximum atomic E-state index is 13.4. The molecule has 5 heteroatoms. The van der Waals surface area contributed by atoms with Crippen molar-refractivity contribution in [2.75, 3.05) is 22.9 Å². The van der Waals surface area contributed by atoms with Gasteiger partial charge in [0.15, 0.2) is 0 Å². The first-order chi connectivity index (χ1) is 13.0. The van der Waals surface area contributed by atoms with Gasteiger partial charge in [-0.2, -0.15) is 5.26 Å². The minimum Gasteiger partial charge on any atom is -0.343 e. The van der Waals surface area contributed by atoms with Gasteiger partial charge >= 0.3 is 0 Å². The number of carbonyl (C=O) groups is 1. The van der Waals surface area contributed by atoms with Gasteiger partial charge in [-0.1, -0.05) is 12.1 Å². The SMILES string of the molecule is CCN(C(=O)[C@@H]1CCCN1c1nc(C)cc(C)c1C#N)c1cccc(C)c1. The van der Waals surface area contributed by atoms with Crippen LogP contribution in [0, 0.1) is 32.1 Å². The van der Waals surface area contributed by atoms with Crippen molar-refractivity contribution in [2.24, 2.45) is 0 Å². The van der Waals surface area contributed by atoms with Crippen molar-refractivity contribution in [3.63, 3.8) is 0 Å². The largest absolute Gasteiger partial charge is 0.343 e. The summed E-state index contributed by atoms with van der Waals surface area (Å²) >= 11 is 0. The van der Waals surface area contributed by atoms with Crippen molar-refractivity contribution >= 4 is 17.4 Å². The number of pyridine rings is 1. The second kappa shape index (κ2) is 7.79. The minimum absolute atomic E-state index is 0.0745. The lowest BCUT2D eigenvalue weighted by Gasteiger charge is -2.31. The number of carbonyl (C=O) groups excluding carboxylic acids is 1. The third-order valence-electron chi connectivity index (χ3n) is 5.14. The first-order valence-electron chi connectivity index (χ1n) is 9.49. The molecule has 1 aromatic heterocycles. The lowest BCUT2D eigenvalue weighted by Crippen LogP contribution is -2.46. The van der Waals surface area contributed by atoms with E-state index in [0.717, 1.165) is 41.9 Å². The van der Waals surface area contributed by atoms with Gasteiger partial charge in [0.05, 0.1) is 5.56 Å². The molecule has 1 fully saturated rings. The number of amides is 1. The minimum atomic E-state index is -0.286. The van der Waals surface area contributed by atoms with Crippen LogP contribution in [0.2, 0.25) is 0 Å². The fraction of sp³-hybridized carbons (Fsp3) is 0.409. The first-order valence-corrected chi connectivity index (χ1v) is 9.49. The van der Waals surface area contributed by atoms with Crippen LogP contribution in [0.4, 0.5) is 11.5 Å². The van der Waals surface area contributed by atoms with Crippen molar-refractivity contribution in [1.82, 2.24) is 4.98 Å². The van der Waals surface area contributed by atoms with E-state index in [1.54, 1.807) is 0 Å². The number of hydrogen-bond donors (Lipinski definition) is 0. The van der Waals surface area contributed by atoms with Crippen molar-refractivity contribution in [2.45, 2.75) is 46.6 Å². The molecule has 2 heterocycles. The molecule has 0 aliphatic carbocycles. The molecule has 0 spiro atoms. The lowest BCUT2D eigenvalue weighted by molar-refractivity contribution is -0.119. The van der Waals surface area contributed by atoms with Crippen molar-refractivity contribution in [3.8, 4) is 6.07 Å². The van der Waals surface area contributed by atoms with E-state index in [2.05, 4.69) is 11.1 Å². The number of nitrogens with zero attached hydrogens (tertiary/aromatic N) is 4. The molecule has 1 amide bonds. The van der Waals surface area contributed by atoms with Crippen molar-refractivity contribution in [1.29, 1.82) is 5.26 Å². The van der Waals surface area contributed by atoms with Gasteiger partial charge in [-0.15, -0.1) is 0 Å². The van der Waals surface area contributed by atoms with Crippen LogP contribution >= 0.6 is 0 Å². The van der Waals surface area contributed by atoms with Crippen LogP contribution in [-0.4, -0.2) is 30.0 Å². The molecule has 5 nitrogen and oxygen atoms in total. The zero-order valence-corrected chi connectivity index (χ0v) is 16.5. The molecule has 3 rings (SSSR count). The number of hydrogen-bond acceptors (Lipinski definition) is 4. The fourth-order valence-electron chi connectivity index (χ4n) is 3.88. The van der Waals surface area contributed by atoms with Crippen LogP contribution in [0.25, 0.3) is 0 Å². The molecule has 1 atom stereocenters. The molecule has 0 unspecified atom stereocenters. The molecule has 1 aliphatic rings. The smallest absolute Gasteiger partial charge is 0.249 e. The first kappa shape index (κ1) is 18.9. The molecule has 0 N–H and O–H groups in total. The van der Waals surface area contributed by atoms with Crippen LogP contribution < -0.4 is 9.80 Å². The molecule has 1 aromatic carbocycles. The van der Waals surface area contributed by atoms with Crippen molar-refractivity contribution in [3.05, 3.63) is 52.7 Å². The van der Waals surface area contributed by atoms with Crippen molar-refractivity contribution < 1.29 is 4.79 Å². The highest BCUT2D eigenvalue weighted by Gasteiger charge is 2.36. The Morgan fingerprint density at radius 1 is 1.33 bits per heavy atom. The van der Waals surface area contributed by atoms with Gasteiger partial charge in [0.2, 0.25) is 5.91 Å². The Labute approximate surface area is 161 Å². The molecule has 140 valence electrons. The van der Waals surface area contributed by atoms with Gasteiger partial charge in [-0.25, -0.2) is 4.98 Å². The summed E-state index contributed by atoms with van der Waals surface area (Å²) in [6, 6.07) is 11.9. The number of aryl methyl sites for hydroxylation is 3.